The zero-order chi connectivity index (χ0) is 18.0. The Kier molecular flexibility index (Phi) is 14.6. The quantitative estimate of drug-likeness (QED) is 0.158. The molecule has 0 amide bonds. The first-order valence-corrected chi connectivity index (χ1v) is 8.95. The predicted octanol–water partition coefficient (Wildman–Crippen LogP) is 5.99. The average molecular weight is 336 g/mol. The Morgan fingerprint density at radius 3 is 1.88 bits per heavy atom. The molecule has 0 aliphatic rings. The van der Waals surface area contributed by atoms with Gasteiger partial charge in [0.2, 0.25) is 5.76 Å². The third kappa shape index (κ3) is 13.7. The zero-order valence-corrected chi connectivity index (χ0v) is 14.8. The number of allylic oxidation sites excluding steroid dienone is 6. The summed E-state index contributed by atoms with van der Waals surface area (Å²) in [5.41, 5.74) is 0. The van der Waals surface area contributed by atoms with Crippen molar-refractivity contribution in [2.45, 2.75) is 71.1 Å². The fraction of sp³-hybridized carbons (Fsp3) is 0.550. The van der Waals surface area contributed by atoms with E-state index in [0.717, 1.165) is 12.5 Å². The van der Waals surface area contributed by atoms with Gasteiger partial charge in [0.1, 0.15) is 0 Å². The van der Waals surface area contributed by atoms with Crippen molar-refractivity contribution in [1.29, 1.82) is 0 Å². The van der Waals surface area contributed by atoms with Crippen LogP contribution in [0.15, 0.2) is 48.0 Å². The third-order valence-corrected chi connectivity index (χ3v) is 3.64. The minimum absolute atomic E-state index is 0.661. The van der Waals surface area contributed by atoms with Crippen LogP contribution in [-0.4, -0.2) is 21.3 Å². The lowest BCUT2D eigenvalue weighted by atomic mass is 10.1. The highest BCUT2D eigenvalue weighted by Gasteiger charge is 2.08. The van der Waals surface area contributed by atoms with E-state index in [0.29, 0.717) is 0 Å². The second kappa shape index (κ2) is 15.9. The largest absolute Gasteiger partial charge is 0.504 e. The fourth-order valence-electron chi connectivity index (χ4n) is 2.21. The number of hydrogen-bond acceptors (Lipinski definition) is 3. The van der Waals surface area contributed by atoms with Crippen molar-refractivity contribution in [3.8, 4) is 0 Å². The highest BCUT2D eigenvalue weighted by atomic mass is 16.4. The maximum atomic E-state index is 10.4. The fourth-order valence-corrected chi connectivity index (χ4v) is 2.21. The van der Waals surface area contributed by atoms with Crippen LogP contribution in [0.4, 0.5) is 0 Å². The molecule has 0 atom stereocenters. The Morgan fingerprint density at radius 1 is 0.750 bits per heavy atom. The molecule has 0 saturated heterocycles. The summed E-state index contributed by atoms with van der Waals surface area (Å²) in [5, 5.41) is 26.6. The number of aliphatic hydroxyl groups excluding tert-OH is 2. The van der Waals surface area contributed by atoms with E-state index in [1.54, 1.807) is 12.2 Å². The zero-order valence-electron chi connectivity index (χ0n) is 14.8. The molecule has 3 N–H and O–H groups in total. The van der Waals surface area contributed by atoms with Gasteiger partial charge >= 0.3 is 5.97 Å². The minimum Gasteiger partial charge on any atom is -0.504 e. The monoisotopic (exact) mass is 336 g/mol. The number of aliphatic carboxylic acids is 1. The van der Waals surface area contributed by atoms with E-state index in [4.69, 9.17) is 10.2 Å². The Hall–Kier alpha value is -1.97. The van der Waals surface area contributed by atoms with Crippen LogP contribution < -0.4 is 0 Å². The van der Waals surface area contributed by atoms with Crippen molar-refractivity contribution in [3.05, 3.63) is 48.0 Å². The van der Waals surface area contributed by atoms with Crippen LogP contribution in [0.25, 0.3) is 0 Å². The third-order valence-electron chi connectivity index (χ3n) is 3.64. The van der Waals surface area contributed by atoms with Crippen molar-refractivity contribution in [1.82, 2.24) is 0 Å². The summed E-state index contributed by atoms with van der Waals surface area (Å²) in [7, 11) is 0. The van der Waals surface area contributed by atoms with Gasteiger partial charge in [0.15, 0.2) is 5.76 Å². The van der Waals surface area contributed by atoms with Gasteiger partial charge < -0.3 is 15.3 Å². The van der Waals surface area contributed by atoms with Crippen LogP contribution in [0.5, 0.6) is 0 Å². The summed E-state index contributed by atoms with van der Waals surface area (Å²) in [6, 6.07) is 0. The summed E-state index contributed by atoms with van der Waals surface area (Å²) in [4.78, 5) is 10.4. The van der Waals surface area contributed by atoms with E-state index in [9.17, 15) is 9.90 Å². The number of carboxylic acid groups (broad SMARTS) is 1. The Bertz CT molecular complexity index is 445. The molecule has 0 aromatic carbocycles. The maximum absolute atomic E-state index is 10.4. The van der Waals surface area contributed by atoms with Gasteiger partial charge in [-0.3, -0.25) is 0 Å². The van der Waals surface area contributed by atoms with E-state index in [1.807, 2.05) is 6.08 Å². The summed E-state index contributed by atoms with van der Waals surface area (Å²) in [6.45, 7) is 2.24. The Balaban J connectivity index is 3.62. The van der Waals surface area contributed by atoms with Crippen LogP contribution in [0.2, 0.25) is 0 Å². The highest BCUT2D eigenvalue weighted by Crippen LogP contribution is 2.10. The van der Waals surface area contributed by atoms with Gasteiger partial charge in [-0.25, -0.2) is 4.79 Å². The maximum Gasteiger partial charge on any atom is 0.374 e. The highest BCUT2D eigenvalue weighted by molar-refractivity contribution is 5.84. The molecule has 0 aliphatic carbocycles. The number of rotatable bonds is 14. The van der Waals surface area contributed by atoms with Crippen LogP contribution in [-0.2, 0) is 4.79 Å². The van der Waals surface area contributed by atoms with Crippen molar-refractivity contribution in [2.24, 2.45) is 0 Å². The predicted molar refractivity (Wildman–Crippen MR) is 99.2 cm³/mol. The number of carboxylic acids is 1. The molecule has 0 saturated carbocycles. The summed E-state index contributed by atoms with van der Waals surface area (Å²) < 4.78 is 0. The Morgan fingerprint density at radius 2 is 1.29 bits per heavy atom. The molecule has 0 aromatic rings. The van der Waals surface area contributed by atoms with Crippen LogP contribution in [0.1, 0.15) is 71.1 Å². The lowest BCUT2D eigenvalue weighted by molar-refractivity contribution is -0.135. The normalized spacial score (nSPS) is 13.2. The molecular formula is C20H32O4. The SMILES string of the molecule is CCCCCCCCCCC/C=C/C=C/C=C/C(O)=C(/O)C(=O)O. The summed E-state index contributed by atoms with van der Waals surface area (Å²) in [5.74, 6) is -3.27. The van der Waals surface area contributed by atoms with E-state index in [1.165, 1.54) is 63.9 Å². The lowest BCUT2D eigenvalue weighted by Crippen LogP contribution is -2.02. The molecule has 0 aromatic heterocycles. The van der Waals surface area contributed by atoms with Gasteiger partial charge in [0, 0.05) is 0 Å². The second-order valence-corrected chi connectivity index (χ2v) is 5.83. The first-order chi connectivity index (χ1) is 11.6. The molecule has 0 heterocycles. The van der Waals surface area contributed by atoms with Gasteiger partial charge in [-0.05, 0) is 18.9 Å². The van der Waals surface area contributed by atoms with Crippen LogP contribution in [0, 0.1) is 0 Å². The van der Waals surface area contributed by atoms with E-state index >= 15 is 0 Å². The van der Waals surface area contributed by atoms with Gasteiger partial charge in [0.05, 0.1) is 0 Å². The average Bonchev–Trinajstić information content (AvgIpc) is 2.57. The topological polar surface area (TPSA) is 77.8 Å². The van der Waals surface area contributed by atoms with Gasteiger partial charge in [-0.1, -0.05) is 88.7 Å². The Labute approximate surface area is 145 Å². The molecule has 0 spiro atoms. The molecule has 0 rings (SSSR count). The van der Waals surface area contributed by atoms with E-state index in [2.05, 4.69) is 13.0 Å². The van der Waals surface area contributed by atoms with Gasteiger partial charge in [0.25, 0.3) is 0 Å². The van der Waals surface area contributed by atoms with Crippen LogP contribution >= 0.6 is 0 Å². The molecule has 4 heteroatoms. The number of carbonyl (C=O) groups is 1. The number of hydrogen-bond donors (Lipinski definition) is 3. The molecule has 24 heavy (non-hydrogen) atoms. The first-order valence-electron chi connectivity index (χ1n) is 8.95. The van der Waals surface area contributed by atoms with Gasteiger partial charge in [-0.15, -0.1) is 0 Å². The number of aliphatic hydroxyl groups is 2. The van der Waals surface area contributed by atoms with Crippen molar-refractivity contribution < 1.29 is 20.1 Å². The molecule has 0 unspecified atom stereocenters. The first kappa shape index (κ1) is 22.0. The summed E-state index contributed by atoms with van der Waals surface area (Å²) in [6.07, 6.45) is 23.1. The minimum atomic E-state index is -1.55. The number of unbranched alkanes of at least 4 members (excludes halogenated alkanes) is 9. The van der Waals surface area contributed by atoms with E-state index in [-0.39, 0.29) is 0 Å². The molecule has 0 radical (unpaired) electrons. The molecule has 0 aliphatic heterocycles. The standard InChI is InChI=1S/C20H32O4/c1-2-3-4-5-6-7-8-9-10-11-12-13-14-15-16-17-18(21)19(22)20(23)24/h12-17,21-22H,2-11H2,1H3,(H,23,24)/b13-12+,15-14+,17-16+,19-18-. The van der Waals surface area contributed by atoms with E-state index < -0.39 is 17.5 Å². The molecule has 0 fully saturated rings. The lowest BCUT2D eigenvalue weighted by Gasteiger charge is -2.00. The van der Waals surface area contributed by atoms with Crippen molar-refractivity contribution in [2.75, 3.05) is 0 Å². The molecule has 4 nitrogen and oxygen atoms in total. The van der Waals surface area contributed by atoms with Crippen molar-refractivity contribution >= 4 is 5.97 Å². The second-order valence-electron chi connectivity index (χ2n) is 5.83. The molecule has 0 bridgehead atoms. The molecular weight excluding hydrogens is 304 g/mol. The summed E-state index contributed by atoms with van der Waals surface area (Å²) >= 11 is 0. The molecule has 136 valence electrons. The van der Waals surface area contributed by atoms with Gasteiger partial charge in [-0.2, -0.15) is 0 Å². The van der Waals surface area contributed by atoms with Crippen LogP contribution in [0.3, 0.4) is 0 Å². The smallest absolute Gasteiger partial charge is 0.374 e. The van der Waals surface area contributed by atoms with Crippen molar-refractivity contribution in [3.63, 3.8) is 0 Å².